The summed E-state index contributed by atoms with van der Waals surface area (Å²) in [6, 6.07) is 12.8. The molecule has 1 aromatic heterocycles. The van der Waals surface area contributed by atoms with Crippen molar-refractivity contribution in [3.05, 3.63) is 60.4 Å². The SMILES string of the molecule is O=C(NCc1cccc(-c2ncc[nH]2)c1)Nc1ccc2c(c1)OCO2. The molecule has 1 aliphatic heterocycles. The number of aromatic nitrogens is 2. The van der Waals surface area contributed by atoms with Crippen molar-refractivity contribution in [3.8, 4) is 22.9 Å². The molecule has 3 aromatic rings. The van der Waals surface area contributed by atoms with Crippen molar-refractivity contribution >= 4 is 11.7 Å². The number of anilines is 1. The van der Waals surface area contributed by atoms with Crippen molar-refractivity contribution in [1.29, 1.82) is 0 Å². The highest BCUT2D eigenvalue weighted by atomic mass is 16.7. The first kappa shape index (κ1) is 15.1. The van der Waals surface area contributed by atoms with Crippen LogP contribution < -0.4 is 20.1 Å². The van der Waals surface area contributed by atoms with Crippen LogP contribution in [0.25, 0.3) is 11.4 Å². The van der Waals surface area contributed by atoms with Crippen molar-refractivity contribution < 1.29 is 14.3 Å². The Morgan fingerprint density at radius 2 is 2.08 bits per heavy atom. The van der Waals surface area contributed by atoms with Crippen molar-refractivity contribution in [3.63, 3.8) is 0 Å². The van der Waals surface area contributed by atoms with Gasteiger partial charge in [0, 0.05) is 36.3 Å². The van der Waals surface area contributed by atoms with Gasteiger partial charge in [-0.05, 0) is 23.8 Å². The summed E-state index contributed by atoms with van der Waals surface area (Å²) in [6.07, 6.45) is 3.48. The van der Waals surface area contributed by atoms with Gasteiger partial charge < -0.3 is 25.1 Å². The maximum absolute atomic E-state index is 12.1. The molecule has 7 heteroatoms. The minimum absolute atomic E-state index is 0.205. The van der Waals surface area contributed by atoms with E-state index in [0.717, 1.165) is 17.0 Å². The minimum atomic E-state index is -0.290. The second kappa shape index (κ2) is 6.56. The number of hydrogen-bond acceptors (Lipinski definition) is 4. The summed E-state index contributed by atoms with van der Waals surface area (Å²) in [5.74, 6) is 2.11. The second-order valence-electron chi connectivity index (χ2n) is 5.51. The monoisotopic (exact) mass is 336 g/mol. The Morgan fingerprint density at radius 1 is 1.16 bits per heavy atom. The van der Waals surface area contributed by atoms with E-state index in [-0.39, 0.29) is 12.8 Å². The predicted molar refractivity (Wildman–Crippen MR) is 92.4 cm³/mol. The van der Waals surface area contributed by atoms with Crippen LogP contribution in [0.5, 0.6) is 11.5 Å². The molecule has 1 aliphatic rings. The summed E-state index contributed by atoms with van der Waals surface area (Å²) in [4.78, 5) is 19.4. The second-order valence-corrected chi connectivity index (χ2v) is 5.51. The Morgan fingerprint density at radius 3 is 2.96 bits per heavy atom. The highest BCUT2D eigenvalue weighted by Crippen LogP contribution is 2.34. The molecule has 126 valence electrons. The lowest BCUT2D eigenvalue weighted by molar-refractivity contribution is 0.174. The zero-order valence-electron chi connectivity index (χ0n) is 13.3. The normalized spacial score (nSPS) is 12.0. The van der Waals surface area contributed by atoms with E-state index in [4.69, 9.17) is 9.47 Å². The molecule has 3 N–H and O–H groups in total. The molecular formula is C18H16N4O3. The van der Waals surface area contributed by atoms with Crippen LogP contribution in [0.2, 0.25) is 0 Å². The molecule has 0 spiro atoms. The summed E-state index contributed by atoms with van der Waals surface area (Å²) in [5, 5.41) is 5.61. The van der Waals surface area contributed by atoms with Crippen LogP contribution in [0.3, 0.4) is 0 Å². The average Bonchev–Trinajstić information content (AvgIpc) is 3.31. The summed E-state index contributed by atoms with van der Waals surface area (Å²) in [7, 11) is 0. The van der Waals surface area contributed by atoms with Gasteiger partial charge in [0.1, 0.15) is 5.82 Å². The number of carbonyl (C=O) groups excluding carboxylic acids is 1. The van der Waals surface area contributed by atoms with Crippen molar-refractivity contribution in [1.82, 2.24) is 15.3 Å². The molecule has 25 heavy (non-hydrogen) atoms. The van der Waals surface area contributed by atoms with Gasteiger partial charge in [-0.2, -0.15) is 0 Å². The molecular weight excluding hydrogens is 320 g/mol. The quantitative estimate of drug-likeness (QED) is 0.683. The summed E-state index contributed by atoms with van der Waals surface area (Å²) < 4.78 is 10.5. The third-order valence-corrected chi connectivity index (χ3v) is 3.78. The van der Waals surface area contributed by atoms with E-state index in [1.807, 2.05) is 24.3 Å². The van der Waals surface area contributed by atoms with Crippen LogP contribution >= 0.6 is 0 Å². The van der Waals surface area contributed by atoms with E-state index in [0.29, 0.717) is 23.7 Å². The number of hydrogen-bond donors (Lipinski definition) is 3. The number of nitrogens with one attached hydrogen (secondary N) is 3. The van der Waals surface area contributed by atoms with Crippen LogP contribution in [-0.4, -0.2) is 22.8 Å². The van der Waals surface area contributed by atoms with Crippen LogP contribution in [0.1, 0.15) is 5.56 Å². The summed E-state index contributed by atoms with van der Waals surface area (Å²) in [5.41, 5.74) is 2.60. The molecule has 2 aromatic carbocycles. The number of fused-ring (bicyclic) bond motifs is 1. The Hall–Kier alpha value is -3.48. The topological polar surface area (TPSA) is 88.3 Å². The van der Waals surface area contributed by atoms with E-state index in [1.165, 1.54) is 0 Å². The molecule has 4 rings (SSSR count). The molecule has 2 heterocycles. The Bertz CT molecular complexity index is 893. The smallest absolute Gasteiger partial charge is 0.319 e. The molecule has 0 bridgehead atoms. The lowest BCUT2D eigenvalue weighted by Crippen LogP contribution is -2.28. The fourth-order valence-corrected chi connectivity index (χ4v) is 2.58. The molecule has 2 amide bonds. The van der Waals surface area contributed by atoms with E-state index in [1.54, 1.807) is 30.6 Å². The maximum Gasteiger partial charge on any atom is 0.319 e. The third kappa shape index (κ3) is 3.40. The number of urea groups is 1. The van der Waals surface area contributed by atoms with Gasteiger partial charge in [-0.3, -0.25) is 0 Å². The van der Waals surface area contributed by atoms with E-state index in [9.17, 15) is 4.79 Å². The first-order chi connectivity index (χ1) is 12.3. The third-order valence-electron chi connectivity index (χ3n) is 3.78. The molecule has 7 nitrogen and oxygen atoms in total. The van der Waals surface area contributed by atoms with Crippen LogP contribution in [-0.2, 0) is 6.54 Å². The fourth-order valence-electron chi connectivity index (χ4n) is 2.58. The molecule has 0 saturated heterocycles. The lowest BCUT2D eigenvalue weighted by Gasteiger charge is -2.09. The number of H-pyrrole nitrogens is 1. The van der Waals surface area contributed by atoms with Gasteiger partial charge >= 0.3 is 6.03 Å². The van der Waals surface area contributed by atoms with Gasteiger partial charge in [0.25, 0.3) is 0 Å². The molecule has 0 radical (unpaired) electrons. The number of imidazole rings is 1. The van der Waals surface area contributed by atoms with Crippen molar-refractivity contribution in [2.75, 3.05) is 12.1 Å². The van der Waals surface area contributed by atoms with E-state index < -0.39 is 0 Å². The maximum atomic E-state index is 12.1. The predicted octanol–water partition coefficient (Wildman–Crippen LogP) is 3.13. The number of ether oxygens (including phenoxy) is 2. The van der Waals surface area contributed by atoms with Gasteiger partial charge in [0.2, 0.25) is 6.79 Å². The number of rotatable bonds is 4. The molecule has 0 unspecified atom stereocenters. The number of nitrogens with zero attached hydrogens (tertiary/aromatic N) is 1. The Kier molecular flexibility index (Phi) is 3.96. The number of carbonyl (C=O) groups is 1. The number of amides is 2. The number of benzene rings is 2. The molecule has 0 aliphatic carbocycles. The van der Waals surface area contributed by atoms with Gasteiger partial charge in [0.15, 0.2) is 11.5 Å². The molecule has 0 fully saturated rings. The first-order valence-corrected chi connectivity index (χ1v) is 7.81. The standard InChI is InChI=1S/C18H16N4O3/c23-18(22-14-4-5-15-16(9-14)25-11-24-15)21-10-12-2-1-3-13(8-12)17-19-6-7-20-17/h1-9H,10-11H2,(H,19,20)(H2,21,22,23). The van der Waals surface area contributed by atoms with Gasteiger partial charge in [0.05, 0.1) is 0 Å². The van der Waals surface area contributed by atoms with Gasteiger partial charge in [-0.15, -0.1) is 0 Å². The van der Waals surface area contributed by atoms with Crippen molar-refractivity contribution in [2.24, 2.45) is 0 Å². The summed E-state index contributed by atoms with van der Waals surface area (Å²) in [6.45, 7) is 0.613. The minimum Gasteiger partial charge on any atom is -0.454 e. The van der Waals surface area contributed by atoms with E-state index >= 15 is 0 Å². The highest BCUT2D eigenvalue weighted by molar-refractivity contribution is 5.89. The zero-order valence-corrected chi connectivity index (χ0v) is 13.3. The summed E-state index contributed by atoms with van der Waals surface area (Å²) >= 11 is 0. The fraction of sp³-hybridized carbons (Fsp3) is 0.111. The first-order valence-electron chi connectivity index (χ1n) is 7.81. The Balaban J connectivity index is 1.37. The van der Waals surface area contributed by atoms with Crippen LogP contribution in [0.15, 0.2) is 54.9 Å². The molecule has 0 atom stereocenters. The van der Waals surface area contributed by atoms with E-state index in [2.05, 4.69) is 20.6 Å². The number of aromatic amines is 1. The lowest BCUT2D eigenvalue weighted by atomic mass is 10.1. The highest BCUT2D eigenvalue weighted by Gasteiger charge is 2.14. The average molecular weight is 336 g/mol. The zero-order chi connectivity index (χ0) is 17.1. The molecule has 0 saturated carbocycles. The largest absolute Gasteiger partial charge is 0.454 e. The van der Waals surface area contributed by atoms with Gasteiger partial charge in [-0.1, -0.05) is 18.2 Å². The van der Waals surface area contributed by atoms with Crippen molar-refractivity contribution in [2.45, 2.75) is 6.54 Å². The Labute approximate surface area is 144 Å². The van der Waals surface area contributed by atoms with Crippen LogP contribution in [0, 0.1) is 0 Å². The van der Waals surface area contributed by atoms with Crippen LogP contribution in [0.4, 0.5) is 10.5 Å². The van der Waals surface area contributed by atoms with Gasteiger partial charge in [-0.25, -0.2) is 9.78 Å².